The first kappa shape index (κ1) is 16.3. The van der Waals surface area contributed by atoms with Crippen LogP contribution in [0.1, 0.15) is 0 Å². The van der Waals surface area contributed by atoms with Crippen molar-refractivity contribution in [1.82, 2.24) is 0 Å². The molecule has 3 rings (SSSR count). The predicted octanol–water partition coefficient (Wildman–Crippen LogP) is 4.41. The van der Waals surface area contributed by atoms with E-state index >= 15 is 0 Å². The van der Waals surface area contributed by atoms with Gasteiger partial charge < -0.3 is 4.52 Å². The van der Waals surface area contributed by atoms with Crippen LogP contribution in [0.5, 0.6) is 5.75 Å². The summed E-state index contributed by atoms with van der Waals surface area (Å²) in [6, 6.07) is 15.2. The highest BCUT2D eigenvalue weighted by atomic mass is 31.2. The standard InChI is InChI=1S/C18H12F3O2P/c19-13-4-1-7-16(10-13)23-24(22,17-8-2-5-14(20)11-17)18-9-3-6-15(21)12-18/h1-12H. The van der Waals surface area contributed by atoms with Gasteiger partial charge in [-0.15, -0.1) is 0 Å². The monoisotopic (exact) mass is 348 g/mol. The molecule has 0 bridgehead atoms. The number of hydrogen-bond donors (Lipinski definition) is 0. The second-order valence-corrected chi connectivity index (χ2v) is 7.38. The van der Waals surface area contributed by atoms with Crippen LogP contribution in [0.15, 0.2) is 72.8 Å². The van der Waals surface area contributed by atoms with E-state index in [1.807, 2.05) is 0 Å². The average Bonchev–Trinajstić information content (AvgIpc) is 2.55. The van der Waals surface area contributed by atoms with Crippen molar-refractivity contribution >= 4 is 18.0 Å². The number of benzene rings is 3. The predicted molar refractivity (Wildman–Crippen MR) is 86.7 cm³/mol. The molecular weight excluding hydrogens is 336 g/mol. The average molecular weight is 348 g/mol. The lowest BCUT2D eigenvalue weighted by molar-refractivity contribution is 0.499. The smallest absolute Gasteiger partial charge is 0.306 e. The van der Waals surface area contributed by atoms with Crippen LogP contribution in [0, 0.1) is 17.5 Å². The Kier molecular flexibility index (Phi) is 4.45. The van der Waals surface area contributed by atoms with E-state index in [0.29, 0.717) is 0 Å². The van der Waals surface area contributed by atoms with Crippen LogP contribution in [-0.4, -0.2) is 0 Å². The quantitative estimate of drug-likeness (QED) is 0.653. The van der Waals surface area contributed by atoms with Crippen molar-refractivity contribution in [2.75, 3.05) is 0 Å². The summed E-state index contributed by atoms with van der Waals surface area (Å²) in [5.41, 5.74) is 0. The van der Waals surface area contributed by atoms with Crippen LogP contribution in [0.25, 0.3) is 0 Å². The van der Waals surface area contributed by atoms with Gasteiger partial charge in [0.05, 0.1) is 10.6 Å². The van der Waals surface area contributed by atoms with Crippen molar-refractivity contribution in [1.29, 1.82) is 0 Å². The van der Waals surface area contributed by atoms with Gasteiger partial charge >= 0.3 is 7.37 Å². The van der Waals surface area contributed by atoms with E-state index in [1.165, 1.54) is 54.6 Å². The minimum Gasteiger partial charge on any atom is -0.437 e. The summed E-state index contributed by atoms with van der Waals surface area (Å²) in [4.78, 5) is 0. The third kappa shape index (κ3) is 3.36. The Labute approximate surface area is 137 Å². The van der Waals surface area contributed by atoms with Crippen molar-refractivity contribution in [2.45, 2.75) is 0 Å². The van der Waals surface area contributed by atoms with Gasteiger partial charge in [0.2, 0.25) is 0 Å². The SMILES string of the molecule is O=P(Oc1cccc(F)c1)(c1cccc(F)c1)c1cccc(F)c1. The van der Waals surface area contributed by atoms with E-state index in [-0.39, 0.29) is 16.4 Å². The van der Waals surface area contributed by atoms with Crippen molar-refractivity contribution in [3.63, 3.8) is 0 Å². The molecule has 0 saturated carbocycles. The summed E-state index contributed by atoms with van der Waals surface area (Å²) in [5.74, 6) is -1.77. The van der Waals surface area contributed by atoms with Gasteiger partial charge in [0.15, 0.2) is 0 Å². The fourth-order valence-corrected chi connectivity index (χ4v) is 4.32. The molecule has 0 saturated heterocycles. The Balaban J connectivity index is 2.15. The van der Waals surface area contributed by atoms with Gasteiger partial charge in [0, 0.05) is 6.07 Å². The number of hydrogen-bond acceptors (Lipinski definition) is 2. The molecule has 3 aromatic carbocycles. The van der Waals surface area contributed by atoms with Crippen LogP contribution in [0.2, 0.25) is 0 Å². The zero-order chi connectivity index (χ0) is 17.2. The Morgan fingerprint density at radius 1 is 0.667 bits per heavy atom. The van der Waals surface area contributed by atoms with Crippen LogP contribution in [0.4, 0.5) is 13.2 Å². The molecule has 6 heteroatoms. The van der Waals surface area contributed by atoms with E-state index in [2.05, 4.69) is 0 Å². The Bertz CT molecular complexity index is 878. The number of halogens is 3. The van der Waals surface area contributed by atoms with E-state index in [0.717, 1.165) is 18.2 Å². The second kappa shape index (κ2) is 6.54. The zero-order valence-corrected chi connectivity index (χ0v) is 13.2. The van der Waals surface area contributed by atoms with E-state index in [9.17, 15) is 17.7 Å². The maximum Gasteiger partial charge on any atom is 0.306 e. The summed E-state index contributed by atoms with van der Waals surface area (Å²) in [5, 5.41) is 0.106. The summed E-state index contributed by atoms with van der Waals surface area (Å²) in [6.07, 6.45) is 0. The van der Waals surface area contributed by atoms with E-state index in [1.54, 1.807) is 0 Å². The lowest BCUT2D eigenvalue weighted by atomic mass is 10.3. The van der Waals surface area contributed by atoms with Crippen LogP contribution >= 0.6 is 7.37 Å². The highest BCUT2D eigenvalue weighted by Crippen LogP contribution is 2.45. The molecule has 0 amide bonds. The van der Waals surface area contributed by atoms with Crippen molar-refractivity contribution in [2.24, 2.45) is 0 Å². The first-order valence-corrected chi connectivity index (χ1v) is 8.67. The van der Waals surface area contributed by atoms with Crippen LogP contribution in [-0.2, 0) is 4.57 Å². The van der Waals surface area contributed by atoms with Crippen molar-refractivity contribution in [3.05, 3.63) is 90.2 Å². The maximum absolute atomic E-state index is 13.6. The molecule has 0 aromatic heterocycles. The third-order valence-electron chi connectivity index (χ3n) is 3.33. The van der Waals surface area contributed by atoms with E-state index < -0.39 is 24.8 Å². The molecule has 0 aliphatic rings. The Hall–Kier alpha value is -2.52. The van der Waals surface area contributed by atoms with Crippen LogP contribution in [0.3, 0.4) is 0 Å². The molecule has 0 aliphatic carbocycles. The normalized spacial score (nSPS) is 11.3. The molecule has 122 valence electrons. The molecule has 3 aromatic rings. The first-order chi connectivity index (χ1) is 11.5. The van der Waals surface area contributed by atoms with Crippen molar-refractivity contribution < 1.29 is 22.3 Å². The van der Waals surface area contributed by atoms with Gasteiger partial charge in [-0.3, -0.25) is 4.57 Å². The first-order valence-electron chi connectivity index (χ1n) is 7.05. The van der Waals surface area contributed by atoms with Gasteiger partial charge in [-0.1, -0.05) is 18.2 Å². The molecule has 0 atom stereocenters. The highest BCUT2D eigenvalue weighted by Gasteiger charge is 2.31. The fourth-order valence-electron chi connectivity index (χ4n) is 2.25. The minimum atomic E-state index is -3.87. The molecule has 0 fully saturated rings. The van der Waals surface area contributed by atoms with Gasteiger partial charge in [0.25, 0.3) is 0 Å². The zero-order valence-electron chi connectivity index (χ0n) is 12.3. The highest BCUT2D eigenvalue weighted by molar-refractivity contribution is 7.74. The van der Waals surface area contributed by atoms with Gasteiger partial charge in [-0.2, -0.15) is 0 Å². The second-order valence-electron chi connectivity index (χ2n) is 5.06. The summed E-state index contributed by atoms with van der Waals surface area (Å²) >= 11 is 0. The third-order valence-corrected chi connectivity index (χ3v) is 5.71. The number of rotatable bonds is 4. The minimum absolute atomic E-state index is 0.00635. The lowest BCUT2D eigenvalue weighted by Crippen LogP contribution is -2.21. The van der Waals surface area contributed by atoms with Crippen LogP contribution < -0.4 is 15.1 Å². The van der Waals surface area contributed by atoms with Gasteiger partial charge in [-0.25, -0.2) is 13.2 Å². The summed E-state index contributed by atoms with van der Waals surface area (Å²) in [6.45, 7) is 0. The molecular formula is C18H12F3O2P. The topological polar surface area (TPSA) is 26.3 Å². The maximum atomic E-state index is 13.6. The van der Waals surface area contributed by atoms with Crippen molar-refractivity contribution in [3.8, 4) is 5.75 Å². The molecule has 24 heavy (non-hydrogen) atoms. The molecule has 0 N–H and O–H groups in total. The van der Waals surface area contributed by atoms with Gasteiger partial charge in [-0.05, 0) is 48.5 Å². The summed E-state index contributed by atoms with van der Waals surface area (Å²) in [7, 11) is -3.87. The van der Waals surface area contributed by atoms with Gasteiger partial charge in [0.1, 0.15) is 23.2 Å². The molecule has 0 aliphatic heterocycles. The summed E-state index contributed by atoms with van der Waals surface area (Å²) < 4.78 is 59.6. The molecule has 0 radical (unpaired) electrons. The molecule has 0 heterocycles. The fraction of sp³-hybridized carbons (Fsp3) is 0. The Morgan fingerprint density at radius 2 is 1.12 bits per heavy atom. The van der Waals surface area contributed by atoms with E-state index in [4.69, 9.17) is 4.52 Å². The molecule has 0 unspecified atom stereocenters. The largest absolute Gasteiger partial charge is 0.437 e. The lowest BCUT2D eigenvalue weighted by Gasteiger charge is -2.20. The molecule has 2 nitrogen and oxygen atoms in total. The Morgan fingerprint density at radius 3 is 1.58 bits per heavy atom. The molecule has 0 spiro atoms.